The van der Waals surface area contributed by atoms with Gasteiger partial charge in [-0.15, -0.1) is 0 Å². The monoisotopic (exact) mass is 250 g/mol. The summed E-state index contributed by atoms with van der Waals surface area (Å²) in [6.07, 6.45) is 0.516. The first kappa shape index (κ1) is 13.6. The molecule has 0 aromatic rings. The van der Waals surface area contributed by atoms with E-state index < -0.39 is 6.49 Å². The van der Waals surface area contributed by atoms with Gasteiger partial charge in [0.05, 0.1) is 12.7 Å². The Kier molecular flexibility index (Phi) is 5.23. The van der Waals surface area contributed by atoms with Crippen LogP contribution >= 0.6 is 6.49 Å². The largest absolute Gasteiger partial charge is 0.382 e. The molecule has 86 valence electrons. The highest BCUT2D eigenvalue weighted by atomic mass is 32.5. The SMILES string of the molecule is [B][C@H]1C[C@@H](OP(O)(=S)CC)[C@@H](COC)O1. The van der Waals surface area contributed by atoms with E-state index in [9.17, 15) is 4.89 Å². The van der Waals surface area contributed by atoms with Gasteiger partial charge in [0, 0.05) is 19.3 Å². The lowest BCUT2D eigenvalue weighted by molar-refractivity contribution is -0.0102. The Hall–Kier alpha value is 0.555. The normalized spacial score (nSPS) is 35.3. The first-order valence-electron chi connectivity index (χ1n) is 4.88. The van der Waals surface area contributed by atoms with Crippen LogP contribution in [0.1, 0.15) is 13.3 Å². The number of hydrogen-bond donors (Lipinski definition) is 1. The zero-order valence-corrected chi connectivity index (χ0v) is 10.7. The van der Waals surface area contributed by atoms with E-state index in [1.807, 2.05) is 6.92 Å². The summed E-state index contributed by atoms with van der Waals surface area (Å²) < 4.78 is 15.9. The molecule has 7 heteroatoms. The second-order valence-corrected chi connectivity index (χ2v) is 7.33. The van der Waals surface area contributed by atoms with Crippen LogP contribution in [0.15, 0.2) is 0 Å². The average molecular weight is 250 g/mol. The van der Waals surface area contributed by atoms with E-state index in [0.717, 1.165) is 0 Å². The van der Waals surface area contributed by atoms with Crippen LogP contribution in [0, 0.1) is 0 Å². The lowest BCUT2D eigenvalue weighted by atomic mass is 9.96. The number of methoxy groups -OCH3 is 1. The number of hydrogen-bond acceptors (Lipinski definition) is 4. The fraction of sp³-hybridized carbons (Fsp3) is 1.00. The molecular formula is C8H16BO4PS. The van der Waals surface area contributed by atoms with Crippen LogP contribution in [0.4, 0.5) is 0 Å². The Morgan fingerprint density at radius 1 is 1.67 bits per heavy atom. The summed E-state index contributed by atoms with van der Waals surface area (Å²) >= 11 is 4.96. The van der Waals surface area contributed by atoms with E-state index >= 15 is 0 Å². The smallest absolute Gasteiger partial charge is 0.186 e. The van der Waals surface area contributed by atoms with E-state index in [-0.39, 0.29) is 18.2 Å². The van der Waals surface area contributed by atoms with Crippen molar-refractivity contribution >= 4 is 26.1 Å². The molecule has 1 fully saturated rings. The third-order valence-electron chi connectivity index (χ3n) is 2.26. The van der Waals surface area contributed by atoms with Gasteiger partial charge < -0.3 is 18.9 Å². The summed E-state index contributed by atoms with van der Waals surface area (Å²) in [6.45, 7) is -0.460. The fourth-order valence-electron chi connectivity index (χ4n) is 1.46. The predicted octanol–water partition coefficient (Wildman–Crippen LogP) is 0.623. The predicted molar refractivity (Wildman–Crippen MR) is 62.8 cm³/mol. The molecule has 1 unspecified atom stereocenters. The van der Waals surface area contributed by atoms with Crippen molar-refractivity contribution < 1.29 is 18.9 Å². The molecule has 1 N–H and O–H groups in total. The van der Waals surface area contributed by atoms with E-state index in [2.05, 4.69) is 0 Å². The van der Waals surface area contributed by atoms with Gasteiger partial charge in [-0.05, 0) is 18.2 Å². The van der Waals surface area contributed by atoms with Crippen LogP contribution in [0.5, 0.6) is 0 Å². The average Bonchev–Trinajstić information content (AvgIpc) is 2.47. The third-order valence-corrected chi connectivity index (χ3v) is 4.69. The summed E-state index contributed by atoms with van der Waals surface area (Å²) in [5.74, 6) is 0. The molecule has 1 saturated heterocycles. The molecule has 15 heavy (non-hydrogen) atoms. The van der Waals surface area contributed by atoms with Gasteiger partial charge in [-0.2, -0.15) is 0 Å². The van der Waals surface area contributed by atoms with Crippen LogP contribution in [0.3, 0.4) is 0 Å². The maximum Gasteiger partial charge on any atom is 0.186 e. The maximum absolute atomic E-state index is 9.72. The Morgan fingerprint density at radius 3 is 2.87 bits per heavy atom. The van der Waals surface area contributed by atoms with Gasteiger partial charge in [-0.1, -0.05) is 6.92 Å². The Labute approximate surface area is 96.9 Å². The molecule has 0 aromatic heterocycles. The molecule has 2 radical (unpaired) electrons. The van der Waals surface area contributed by atoms with Gasteiger partial charge in [0.25, 0.3) is 0 Å². The minimum Gasteiger partial charge on any atom is -0.382 e. The van der Waals surface area contributed by atoms with Crippen LogP contribution in [-0.2, 0) is 25.8 Å². The van der Waals surface area contributed by atoms with Gasteiger partial charge in [0.15, 0.2) is 6.49 Å². The molecule has 1 aliphatic rings. The topological polar surface area (TPSA) is 47.9 Å². The van der Waals surface area contributed by atoms with Gasteiger partial charge in [0.2, 0.25) is 0 Å². The van der Waals surface area contributed by atoms with Crippen molar-refractivity contribution in [3.05, 3.63) is 0 Å². The highest BCUT2D eigenvalue weighted by Crippen LogP contribution is 2.45. The molecule has 0 saturated carbocycles. The molecule has 1 rings (SSSR count). The van der Waals surface area contributed by atoms with Crippen molar-refractivity contribution in [1.29, 1.82) is 0 Å². The van der Waals surface area contributed by atoms with Crippen molar-refractivity contribution in [3.63, 3.8) is 0 Å². The van der Waals surface area contributed by atoms with E-state index in [1.165, 1.54) is 0 Å². The maximum atomic E-state index is 9.72. The number of ether oxygens (including phenoxy) is 2. The van der Waals surface area contributed by atoms with Gasteiger partial charge >= 0.3 is 0 Å². The van der Waals surface area contributed by atoms with Gasteiger partial charge in [0.1, 0.15) is 14.0 Å². The van der Waals surface area contributed by atoms with Gasteiger partial charge in [-0.25, -0.2) is 0 Å². The molecule has 1 aliphatic heterocycles. The lowest BCUT2D eigenvalue weighted by Gasteiger charge is -2.23. The molecule has 4 nitrogen and oxygen atoms in total. The molecule has 0 amide bonds. The lowest BCUT2D eigenvalue weighted by Crippen LogP contribution is -2.28. The summed E-state index contributed by atoms with van der Waals surface area (Å²) in [5.41, 5.74) is 0. The molecular weight excluding hydrogens is 234 g/mol. The minimum atomic E-state index is -2.67. The zero-order valence-electron chi connectivity index (χ0n) is 8.96. The minimum absolute atomic E-state index is 0.231. The van der Waals surface area contributed by atoms with Crippen LogP contribution in [0.25, 0.3) is 0 Å². The highest BCUT2D eigenvalue weighted by Gasteiger charge is 2.36. The van der Waals surface area contributed by atoms with Crippen molar-refractivity contribution in [2.24, 2.45) is 0 Å². The summed E-state index contributed by atoms with van der Waals surface area (Å²) in [7, 11) is 7.23. The molecule has 1 heterocycles. The fourth-order valence-corrected chi connectivity index (χ4v) is 2.58. The van der Waals surface area contributed by atoms with Crippen molar-refractivity contribution in [2.75, 3.05) is 19.9 Å². The summed E-state index contributed by atoms with van der Waals surface area (Å²) in [6, 6.07) is -0.359. The molecule has 4 atom stereocenters. The Bertz CT molecular complexity index is 253. The van der Waals surface area contributed by atoms with Gasteiger partial charge in [-0.3, -0.25) is 0 Å². The first-order chi connectivity index (χ1) is 6.98. The second-order valence-electron chi connectivity index (χ2n) is 3.50. The van der Waals surface area contributed by atoms with Crippen molar-refractivity contribution in [1.82, 2.24) is 0 Å². The molecule has 0 spiro atoms. The molecule has 0 aliphatic carbocycles. The highest BCUT2D eigenvalue weighted by molar-refractivity contribution is 8.09. The second kappa shape index (κ2) is 5.76. The van der Waals surface area contributed by atoms with E-state index in [4.69, 9.17) is 33.7 Å². The number of rotatable bonds is 5. The van der Waals surface area contributed by atoms with E-state index in [0.29, 0.717) is 19.2 Å². The summed E-state index contributed by atoms with van der Waals surface area (Å²) in [5, 5.41) is 0. The van der Waals surface area contributed by atoms with Crippen molar-refractivity contribution in [2.45, 2.75) is 31.6 Å². The molecule has 0 aromatic carbocycles. The summed E-state index contributed by atoms with van der Waals surface area (Å²) in [4.78, 5) is 9.72. The first-order valence-corrected chi connectivity index (χ1v) is 7.74. The van der Waals surface area contributed by atoms with Crippen LogP contribution < -0.4 is 0 Å². The Balaban J connectivity index is 2.55. The zero-order chi connectivity index (χ0) is 11.5. The standard InChI is InChI=1S/C8H16BO4PS/c1-3-14(10,15)13-6-4-8(9)12-7(6)5-11-2/h6-8H,3-5H2,1-2H3,(H,10,15)/t6-,7-,8-,14?/m1/s1. The quantitative estimate of drug-likeness (QED) is 0.572. The molecule has 0 bridgehead atoms. The Morgan fingerprint density at radius 2 is 2.33 bits per heavy atom. The van der Waals surface area contributed by atoms with Crippen molar-refractivity contribution in [3.8, 4) is 0 Å². The van der Waals surface area contributed by atoms with E-state index in [1.54, 1.807) is 7.11 Å². The van der Waals surface area contributed by atoms with Crippen LogP contribution in [0.2, 0.25) is 0 Å². The van der Waals surface area contributed by atoms with Crippen LogP contribution in [-0.4, -0.2) is 50.8 Å². The third kappa shape index (κ3) is 4.13.